The molecule has 0 N–H and O–H groups in total. The van der Waals surface area contributed by atoms with Crippen LogP contribution >= 0.6 is 0 Å². The zero-order valence-electron chi connectivity index (χ0n) is 11.4. The first-order valence-electron chi connectivity index (χ1n) is 6.93. The third-order valence-electron chi connectivity index (χ3n) is 5.24. The van der Waals surface area contributed by atoms with E-state index in [1.807, 2.05) is 0 Å². The van der Waals surface area contributed by atoms with Crippen LogP contribution in [0, 0.1) is 17.3 Å². The maximum Gasteiger partial charge on any atom is 0.309 e. The molecule has 1 saturated heterocycles. The SMILES string of the molecule is COC(=O)C1CC2(OCCO2)[C@]12CCC[C@@H]2C(C)=O. The number of rotatable bonds is 2. The van der Waals surface area contributed by atoms with Gasteiger partial charge in [-0.2, -0.15) is 0 Å². The average molecular weight is 268 g/mol. The number of carbonyl (C=O) groups is 2. The van der Waals surface area contributed by atoms with Crippen LogP contribution in [0.4, 0.5) is 0 Å². The van der Waals surface area contributed by atoms with Crippen molar-refractivity contribution in [2.45, 2.75) is 38.4 Å². The van der Waals surface area contributed by atoms with Crippen molar-refractivity contribution in [1.29, 1.82) is 0 Å². The Morgan fingerprint density at radius 1 is 1.21 bits per heavy atom. The molecule has 0 amide bonds. The predicted octanol–water partition coefficient (Wildman–Crippen LogP) is 1.30. The van der Waals surface area contributed by atoms with Crippen molar-refractivity contribution < 1.29 is 23.8 Å². The number of methoxy groups -OCH3 is 1. The number of carbonyl (C=O) groups excluding carboxylic acids is 2. The first kappa shape index (κ1) is 13.1. The lowest BCUT2D eigenvalue weighted by atomic mass is 9.50. The van der Waals surface area contributed by atoms with Crippen LogP contribution in [0.3, 0.4) is 0 Å². The van der Waals surface area contributed by atoms with Crippen molar-refractivity contribution in [3.05, 3.63) is 0 Å². The molecule has 2 aliphatic carbocycles. The lowest BCUT2D eigenvalue weighted by Crippen LogP contribution is -2.69. The topological polar surface area (TPSA) is 61.8 Å². The standard InChI is InChI=1S/C14H20O5/c1-9(15)10-4-3-5-13(10)11(12(16)17-2)8-14(13)18-6-7-19-14/h10-11H,3-8H2,1-2H3/t10-,11?,13+/m1/s1. The molecule has 1 aliphatic heterocycles. The molecule has 2 saturated carbocycles. The van der Waals surface area contributed by atoms with Gasteiger partial charge in [-0.25, -0.2) is 0 Å². The molecule has 3 rings (SSSR count). The van der Waals surface area contributed by atoms with Gasteiger partial charge in [-0.15, -0.1) is 0 Å². The molecular formula is C14H20O5. The number of ether oxygens (including phenoxy) is 3. The summed E-state index contributed by atoms with van der Waals surface area (Å²) in [6, 6.07) is 0. The van der Waals surface area contributed by atoms with Gasteiger partial charge in [0.25, 0.3) is 0 Å². The summed E-state index contributed by atoms with van der Waals surface area (Å²) in [7, 11) is 1.40. The minimum absolute atomic E-state index is 0.129. The van der Waals surface area contributed by atoms with Crippen molar-refractivity contribution >= 4 is 11.8 Å². The average Bonchev–Trinajstić information content (AvgIpc) is 3.03. The van der Waals surface area contributed by atoms with Gasteiger partial charge in [0, 0.05) is 17.8 Å². The molecule has 0 aromatic heterocycles. The van der Waals surface area contributed by atoms with E-state index < -0.39 is 11.2 Å². The van der Waals surface area contributed by atoms with E-state index in [0.29, 0.717) is 19.6 Å². The van der Waals surface area contributed by atoms with Crippen molar-refractivity contribution in [3.8, 4) is 0 Å². The van der Waals surface area contributed by atoms with E-state index in [2.05, 4.69) is 0 Å². The van der Waals surface area contributed by atoms with Crippen LogP contribution in [0.1, 0.15) is 32.6 Å². The Hall–Kier alpha value is -0.940. The number of hydrogen-bond donors (Lipinski definition) is 0. The molecular weight excluding hydrogens is 248 g/mol. The number of Topliss-reactive ketones (excluding diaryl/α,β-unsaturated/α-hetero) is 1. The largest absolute Gasteiger partial charge is 0.469 e. The van der Waals surface area contributed by atoms with Crippen LogP contribution in [0.15, 0.2) is 0 Å². The first-order valence-corrected chi connectivity index (χ1v) is 6.93. The molecule has 5 heteroatoms. The number of fused-ring (bicyclic) bond motifs is 1. The zero-order valence-corrected chi connectivity index (χ0v) is 11.4. The summed E-state index contributed by atoms with van der Waals surface area (Å²) in [5, 5.41) is 0. The molecule has 1 heterocycles. The summed E-state index contributed by atoms with van der Waals surface area (Å²) in [5.41, 5.74) is -0.498. The third-order valence-corrected chi connectivity index (χ3v) is 5.24. The van der Waals surface area contributed by atoms with E-state index in [-0.39, 0.29) is 23.6 Å². The predicted molar refractivity (Wildman–Crippen MR) is 65.2 cm³/mol. The van der Waals surface area contributed by atoms with Crippen LogP contribution in [-0.2, 0) is 23.8 Å². The van der Waals surface area contributed by atoms with Crippen molar-refractivity contribution in [2.75, 3.05) is 20.3 Å². The Balaban J connectivity index is 1.99. The number of hydrogen-bond acceptors (Lipinski definition) is 5. The van der Waals surface area contributed by atoms with Crippen molar-refractivity contribution in [2.24, 2.45) is 17.3 Å². The van der Waals surface area contributed by atoms with Gasteiger partial charge in [0.15, 0.2) is 5.79 Å². The molecule has 0 aromatic rings. The van der Waals surface area contributed by atoms with Gasteiger partial charge in [0.05, 0.1) is 26.2 Å². The summed E-state index contributed by atoms with van der Waals surface area (Å²) in [6.45, 7) is 2.69. The quantitative estimate of drug-likeness (QED) is 0.706. The highest BCUT2D eigenvalue weighted by Crippen LogP contribution is 2.68. The summed E-state index contributed by atoms with van der Waals surface area (Å²) in [6.07, 6.45) is 3.07. The van der Waals surface area contributed by atoms with Crippen LogP contribution in [-0.4, -0.2) is 37.9 Å². The van der Waals surface area contributed by atoms with Crippen LogP contribution in [0.2, 0.25) is 0 Å². The fraction of sp³-hybridized carbons (Fsp3) is 0.857. The maximum absolute atomic E-state index is 12.0. The molecule has 0 bridgehead atoms. The van der Waals surface area contributed by atoms with Crippen molar-refractivity contribution in [3.63, 3.8) is 0 Å². The summed E-state index contributed by atoms with van der Waals surface area (Å²) in [5.74, 6) is -1.25. The number of esters is 1. The fourth-order valence-corrected chi connectivity index (χ4v) is 4.52. The first-order chi connectivity index (χ1) is 9.07. The second kappa shape index (κ2) is 4.28. The van der Waals surface area contributed by atoms with E-state index in [0.717, 1.165) is 19.3 Å². The van der Waals surface area contributed by atoms with Crippen molar-refractivity contribution in [1.82, 2.24) is 0 Å². The Morgan fingerprint density at radius 3 is 2.47 bits per heavy atom. The van der Waals surface area contributed by atoms with E-state index in [4.69, 9.17) is 14.2 Å². The van der Waals surface area contributed by atoms with Gasteiger partial charge in [0.1, 0.15) is 5.78 Å². The Kier molecular flexibility index (Phi) is 2.94. The van der Waals surface area contributed by atoms with Crippen LogP contribution in [0.25, 0.3) is 0 Å². The fourth-order valence-electron chi connectivity index (χ4n) is 4.52. The van der Waals surface area contributed by atoms with E-state index in [1.54, 1.807) is 6.92 Å². The van der Waals surface area contributed by atoms with Crippen LogP contribution in [0.5, 0.6) is 0 Å². The monoisotopic (exact) mass is 268 g/mol. The lowest BCUT2D eigenvalue weighted by molar-refractivity contribution is -0.332. The Morgan fingerprint density at radius 2 is 1.89 bits per heavy atom. The minimum Gasteiger partial charge on any atom is -0.469 e. The van der Waals surface area contributed by atoms with Gasteiger partial charge in [0.2, 0.25) is 0 Å². The van der Waals surface area contributed by atoms with Crippen LogP contribution < -0.4 is 0 Å². The Labute approximate surface area is 112 Å². The molecule has 3 atom stereocenters. The smallest absolute Gasteiger partial charge is 0.309 e. The van der Waals surface area contributed by atoms with Gasteiger partial charge >= 0.3 is 5.97 Å². The molecule has 2 spiro atoms. The van der Waals surface area contributed by atoms with E-state index in [1.165, 1.54) is 7.11 Å². The van der Waals surface area contributed by atoms with E-state index >= 15 is 0 Å². The zero-order chi connectivity index (χ0) is 13.7. The molecule has 1 unspecified atom stereocenters. The second-order valence-electron chi connectivity index (χ2n) is 5.83. The lowest BCUT2D eigenvalue weighted by Gasteiger charge is -2.60. The highest BCUT2D eigenvalue weighted by atomic mass is 16.7. The summed E-state index contributed by atoms with van der Waals surface area (Å²) >= 11 is 0. The van der Waals surface area contributed by atoms with E-state index in [9.17, 15) is 9.59 Å². The summed E-state index contributed by atoms with van der Waals surface area (Å²) in [4.78, 5) is 24.0. The normalized spacial score (nSPS) is 39.5. The van der Waals surface area contributed by atoms with Gasteiger partial charge < -0.3 is 14.2 Å². The second-order valence-corrected chi connectivity index (χ2v) is 5.83. The molecule has 19 heavy (non-hydrogen) atoms. The third kappa shape index (κ3) is 1.48. The molecule has 5 nitrogen and oxygen atoms in total. The molecule has 3 aliphatic rings. The van der Waals surface area contributed by atoms with Gasteiger partial charge in [-0.05, 0) is 19.8 Å². The molecule has 0 aromatic carbocycles. The summed E-state index contributed by atoms with van der Waals surface area (Å²) < 4.78 is 16.6. The highest BCUT2D eigenvalue weighted by molar-refractivity contribution is 5.83. The highest BCUT2D eigenvalue weighted by Gasteiger charge is 2.75. The molecule has 106 valence electrons. The molecule has 0 radical (unpaired) electrons. The maximum atomic E-state index is 12.0. The molecule has 3 fully saturated rings. The number of ketones is 1. The Bertz CT molecular complexity index is 412. The van der Waals surface area contributed by atoms with Gasteiger partial charge in [-0.3, -0.25) is 9.59 Å². The minimum atomic E-state index is -0.724. The van der Waals surface area contributed by atoms with Gasteiger partial charge in [-0.1, -0.05) is 6.42 Å².